The molecule has 0 saturated heterocycles. The molecule has 0 spiro atoms. The van der Waals surface area contributed by atoms with Crippen molar-refractivity contribution in [1.29, 1.82) is 0 Å². The predicted octanol–water partition coefficient (Wildman–Crippen LogP) is 1.59. The van der Waals surface area contributed by atoms with Gasteiger partial charge in [-0.2, -0.15) is 0 Å². The second-order valence-corrected chi connectivity index (χ2v) is 5.58. The summed E-state index contributed by atoms with van der Waals surface area (Å²) in [5.74, 6) is -0.692. The number of carbonyl (C=O) groups excluding carboxylic acids is 2. The van der Waals surface area contributed by atoms with Gasteiger partial charge >= 0.3 is 5.97 Å². The van der Waals surface area contributed by atoms with E-state index in [1.165, 1.54) is 0 Å². The molecule has 0 bridgehead atoms. The molecule has 3 rings (SSSR count). The van der Waals surface area contributed by atoms with Crippen LogP contribution in [0.4, 0.5) is 0 Å². The van der Waals surface area contributed by atoms with Gasteiger partial charge in [0, 0.05) is 12.3 Å². The second-order valence-electron chi connectivity index (χ2n) is 5.58. The lowest BCUT2D eigenvalue weighted by Gasteiger charge is -2.27. The fraction of sp³-hybridized carbons (Fsp3) is 0.333. The Kier molecular flexibility index (Phi) is 2.61. The SMILES string of the molecule is CC1(C)OC(=O)C2=C1NC(=O)C[C@H]2c1ccc(O)cc1. The van der Waals surface area contributed by atoms with Crippen LogP contribution in [-0.4, -0.2) is 22.6 Å². The van der Waals surface area contributed by atoms with Crippen LogP contribution >= 0.6 is 0 Å². The molecule has 0 fully saturated rings. The molecule has 2 heterocycles. The van der Waals surface area contributed by atoms with E-state index in [0.29, 0.717) is 11.3 Å². The smallest absolute Gasteiger partial charge is 0.337 e. The Bertz CT molecular complexity index is 628. The van der Waals surface area contributed by atoms with Gasteiger partial charge in [-0.3, -0.25) is 4.79 Å². The van der Waals surface area contributed by atoms with Crippen LogP contribution in [-0.2, 0) is 14.3 Å². The van der Waals surface area contributed by atoms with E-state index in [0.717, 1.165) is 5.56 Å². The Morgan fingerprint density at radius 2 is 1.90 bits per heavy atom. The van der Waals surface area contributed by atoms with Crippen molar-refractivity contribution < 1.29 is 19.4 Å². The number of phenols is 1. The van der Waals surface area contributed by atoms with E-state index < -0.39 is 5.60 Å². The van der Waals surface area contributed by atoms with Gasteiger partial charge in [-0.15, -0.1) is 0 Å². The number of nitrogens with one attached hydrogen (secondary N) is 1. The summed E-state index contributed by atoms with van der Waals surface area (Å²) in [7, 11) is 0. The van der Waals surface area contributed by atoms with Crippen LogP contribution < -0.4 is 5.32 Å². The fourth-order valence-electron chi connectivity index (χ4n) is 2.77. The zero-order valence-electron chi connectivity index (χ0n) is 11.3. The van der Waals surface area contributed by atoms with Gasteiger partial charge in [-0.25, -0.2) is 4.79 Å². The quantitative estimate of drug-likeness (QED) is 0.762. The molecular weight excluding hydrogens is 258 g/mol. The summed E-state index contributed by atoms with van der Waals surface area (Å²) in [6, 6.07) is 6.55. The number of cyclic esters (lactones) is 1. The Morgan fingerprint density at radius 3 is 2.55 bits per heavy atom. The van der Waals surface area contributed by atoms with Gasteiger partial charge in [0.15, 0.2) is 0 Å². The van der Waals surface area contributed by atoms with E-state index in [4.69, 9.17) is 4.74 Å². The fourth-order valence-corrected chi connectivity index (χ4v) is 2.77. The highest BCUT2D eigenvalue weighted by Gasteiger charge is 2.47. The molecule has 2 aliphatic heterocycles. The molecule has 0 radical (unpaired) electrons. The van der Waals surface area contributed by atoms with Gasteiger partial charge < -0.3 is 15.2 Å². The van der Waals surface area contributed by atoms with Crippen LogP contribution in [0.3, 0.4) is 0 Å². The van der Waals surface area contributed by atoms with Crippen LogP contribution in [0.5, 0.6) is 5.75 Å². The summed E-state index contributed by atoms with van der Waals surface area (Å²) in [6.45, 7) is 3.51. The molecule has 1 amide bonds. The number of hydrogen-bond donors (Lipinski definition) is 2. The molecule has 2 aliphatic rings. The maximum Gasteiger partial charge on any atom is 0.337 e. The van der Waals surface area contributed by atoms with Crippen LogP contribution in [0.15, 0.2) is 35.5 Å². The summed E-state index contributed by atoms with van der Waals surface area (Å²) < 4.78 is 5.34. The minimum atomic E-state index is -0.808. The molecule has 5 nitrogen and oxygen atoms in total. The summed E-state index contributed by atoms with van der Waals surface area (Å²) >= 11 is 0. The molecule has 0 unspecified atom stereocenters. The summed E-state index contributed by atoms with van der Waals surface area (Å²) in [5, 5.41) is 12.1. The Morgan fingerprint density at radius 1 is 1.25 bits per heavy atom. The minimum absolute atomic E-state index is 0.131. The third-order valence-electron chi connectivity index (χ3n) is 3.74. The van der Waals surface area contributed by atoms with Crippen molar-refractivity contribution in [2.45, 2.75) is 31.8 Å². The number of benzene rings is 1. The van der Waals surface area contributed by atoms with E-state index in [-0.39, 0.29) is 30.0 Å². The maximum atomic E-state index is 12.1. The van der Waals surface area contributed by atoms with Crippen molar-refractivity contribution in [1.82, 2.24) is 5.32 Å². The zero-order valence-corrected chi connectivity index (χ0v) is 11.3. The molecule has 1 aromatic carbocycles. The molecule has 0 aliphatic carbocycles. The lowest BCUT2D eigenvalue weighted by Crippen LogP contribution is -2.38. The van der Waals surface area contributed by atoms with Gasteiger partial charge in [-0.1, -0.05) is 12.1 Å². The van der Waals surface area contributed by atoms with Crippen molar-refractivity contribution >= 4 is 11.9 Å². The molecule has 5 heteroatoms. The van der Waals surface area contributed by atoms with Crippen molar-refractivity contribution in [2.24, 2.45) is 0 Å². The number of aromatic hydroxyl groups is 1. The Hall–Kier alpha value is -2.30. The standard InChI is InChI=1S/C15H15NO4/c1-15(2)13-12(14(19)20-15)10(7-11(18)16-13)8-3-5-9(17)6-4-8/h3-6,10,17H,7H2,1-2H3,(H,16,18)/t10-/m0/s1. The Balaban J connectivity index is 2.11. The lowest BCUT2D eigenvalue weighted by molar-refractivity contribution is -0.144. The van der Waals surface area contributed by atoms with Gasteiger partial charge in [0.05, 0.1) is 11.3 Å². The first-order valence-corrected chi connectivity index (χ1v) is 6.45. The summed E-state index contributed by atoms with van der Waals surface area (Å²) in [4.78, 5) is 24.0. The molecule has 20 heavy (non-hydrogen) atoms. The summed E-state index contributed by atoms with van der Waals surface area (Å²) in [5.41, 5.74) is 1.08. The molecule has 0 aromatic heterocycles. The minimum Gasteiger partial charge on any atom is -0.508 e. The molecule has 2 N–H and O–H groups in total. The molecular formula is C15H15NO4. The van der Waals surface area contributed by atoms with Gasteiger partial charge in [-0.05, 0) is 31.5 Å². The molecule has 104 valence electrons. The Labute approximate surface area is 116 Å². The topological polar surface area (TPSA) is 75.6 Å². The molecule has 0 saturated carbocycles. The zero-order chi connectivity index (χ0) is 14.5. The lowest BCUT2D eigenvalue weighted by atomic mass is 9.83. The molecule has 1 atom stereocenters. The number of hydrogen-bond acceptors (Lipinski definition) is 4. The first-order valence-electron chi connectivity index (χ1n) is 6.45. The monoisotopic (exact) mass is 273 g/mol. The number of carbonyl (C=O) groups is 2. The van der Waals surface area contributed by atoms with Gasteiger partial charge in [0.1, 0.15) is 11.4 Å². The van der Waals surface area contributed by atoms with E-state index >= 15 is 0 Å². The third kappa shape index (κ3) is 1.86. The second kappa shape index (κ2) is 4.10. The predicted molar refractivity (Wildman–Crippen MR) is 70.8 cm³/mol. The van der Waals surface area contributed by atoms with Gasteiger partial charge in [0.25, 0.3) is 0 Å². The maximum absolute atomic E-state index is 12.1. The largest absolute Gasteiger partial charge is 0.508 e. The van der Waals surface area contributed by atoms with E-state index in [1.54, 1.807) is 38.1 Å². The number of amides is 1. The van der Waals surface area contributed by atoms with Crippen LogP contribution in [0.1, 0.15) is 31.7 Å². The number of esters is 1. The van der Waals surface area contributed by atoms with E-state index in [2.05, 4.69) is 5.32 Å². The number of ether oxygens (including phenoxy) is 1. The van der Waals surface area contributed by atoms with Crippen LogP contribution in [0, 0.1) is 0 Å². The normalized spacial score (nSPS) is 24.2. The van der Waals surface area contributed by atoms with Crippen LogP contribution in [0.25, 0.3) is 0 Å². The highest BCUT2D eigenvalue weighted by Crippen LogP contribution is 2.42. The third-order valence-corrected chi connectivity index (χ3v) is 3.74. The highest BCUT2D eigenvalue weighted by molar-refractivity contribution is 5.99. The van der Waals surface area contributed by atoms with E-state index in [9.17, 15) is 14.7 Å². The van der Waals surface area contributed by atoms with Crippen molar-refractivity contribution in [3.8, 4) is 5.75 Å². The summed E-state index contributed by atoms with van der Waals surface area (Å²) in [6.07, 6.45) is 0.203. The molecule has 1 aromatic rings. The van der Waals surface area contributed by atoms with Crippen molar-refractivity contribution in [2.75, 3.05) is 0 Å². The van der Waals surface area contributed by atoms with E-state index in [1.807, 2.05) is 0 Å². The van der Waals surface area contributed by atoms with Crippen molar-refractivity contribution in [3.63, 3.8) is 0 Å². The van der Waals surface area contributed by atoms with Crippen molar-refractivity contribution in [3.05, 3.63) is 41.1 Å². The van der Waals surface area contributed by atoms with Crippen LogP contribution in [0.2, 0.25) is 0 Å². The average Bonchev–Trinajstić information content (AvgIpc) is 2.60. The average molecular weight is 273 g/mol. The first-order chi connectivity index (χ1) is 9.38. The number of rotatable bonds is 1. The first kappa shape index (κ1) is 12.7. The highest BCUT2D eigenvalue weighted by atomic mass is 16.6. The number of phenolic OH excluding ortho intramolecular Hbond substituents is 1. The van der Waals surface area contributed by atoms with Gasteiger partial charge in [0.2, 0.25) is 5.91 Å².